The number of Topliss-reactive ketones (excluding diaryl/α,β-unsaturated/α-hetero) is 1. The molecule has 1 unspecified atom stereocenters. The Kier molecular flexibility index (Phi) is 8.52. The van der Waals surface area contributed by atoms with Crippen molar-refractivity contribution in [3.8, 4) is 0 Å². The van der Waals surface area contributed by atoms with Crippen molar-refractivity contribution in [2.24, 2.45) is 0 Å². The Bertz CT molecular complexity index is 1150. The highest BCUT2D eigenvalue weighted by Crippen LogP contribution is 2.46. The van der Waals surface area contributed by atoms with E-state index < -0.39 is 84.8 Å². The van der Waals surface area contributed by atoms with Crippen molar-refractivity contribution in [2.45, 2.75) is 77.3 Å². The standard InChI is InChI=1S/C25H29NO12/c1-12(27)10-25(33)17-8-6-7-9-18(17)26(24(25)32)23-22(37-16(5)31)21(36-15(4)30)20(35-14(3)29)19(38-23)11-34-13(2)28/h6-9,19-23,33H,10-11H2,1-5H3/t19-,20-,21+,22-,23-,25?/m1/s1. The fourth-order valence-electron chi connectivity index (χ4n) is 4.65. The molecular weight excluding hydrogens is 506 g/mol. The van der Waals surface area contributed by atoms with E-state index in [-0.39, 0.29) is 11.3 Å². The van der Waals surface area contributed by atoms with E-state index in [1.807, 2.05) is 0 Å². The lowest BCUT2D eigenvalue weighted by atomic mass is 9.90. The number of rotatable bonds is 8. The van der Waals surface area contributed by atoms with Gasteiger partial charge in [-0.1, -0.05) is 18.2 Å². The molecule has 2 aliphatic rings. The van der Waals surface area contributed by atoms with Crippen molar-refractivity contribution in [1.82, 2.24) is 0 Å². The van der Waals surface area contributed by atoms with Gasteiger partial charge in [-0.3, -0.25) is 33.7 Å². The van der Waals surface area contributed by atoms with Crippen molar-refractivity contribution in [2.75, 3.05) is 11.5 Å². The third-order valence-electron chi connectivity index (χ3n) is 5.91. The summed E-state index contributed by atoms with van der Waals surface area (Å²) in [7, 11) is 0. The number of carbonyl (C=O) groups is 6. The first kappa shape index (κ1) is 28.7. The van der Waals surface area contributed by atoms with Gasteiger partial charge in [0.25, 0.3) is 5.91 Å². The Morgan fingerprint density at radius 1 is 0.868 bits per heavy atom. The van der Waals surface area contributed by atoms with Gasteiger partial charge in [0.15, 0.2) is 30.1 Å². The van der Waals surface area contributed by atoms with Crippen LogP contribution in [0.15, 0.2) is 24.3 Å². The number of nitrogens with zero attached hydrogens (tertiary/aromatic N) is 1. The van der Waals surface area contributed by atoms with Crippen molar-refractivity contribution in [3.05, 3.63) is 29.8 Å². The fourth-order valence-corrected chi connectivity index (χ4v) is 4.65. The minimum atomic E-state index is -2.26. The van der Waals surface area contributed by atoms with Gasteiger partial charge in [0.2, 0.25) is 0 Å². The van der Waals surface area contributed by atoms with Crippen molar-refractivity contribution >= 4 is 41.3 Å². The average molecular weight is 536 g/mol. The fraction of sp³-hybridized carbons (Fsp3) is 0.520. The summed E-state index contributed by atoms with van der Waals surface area (Å²) in [5.41, 5.74) is -2.02. The van der Waals surface area contributed by atoms with Crippen LogP contribution in [0, 0.1) is 0 Å². The predicted molar refractivity (Wildman–Crippen MR) is 125 cm³/mol. The molecule has 3 rings (SSSR count). The number of esters is 4. The maximum atomic E-state index is 13.7. The Morgan fingerprint density at radius 3 is 1.97 bits per heavy atom. The highest BCUT2D eigenvalue weighted by Gasteiger charge is 2.60. The molecule has 1 saturated heterocycles. The monoisotopic (exact) mass is 535 g/mol. The molecular formula is C25H29NO12. The predicted octanol–water partition coefficient (Wildman–Crippen LogP) is 0.283. The van der Waals surface area contributed by atoms with Crippen LogP contribution in [0.2, 0.25) is 0 Å². The third-order valence-corrected chi connectivity index (χ3v) is 5.91. The van der Waals surface area contributed by atoms with Gasteiger partial charge in [0.1, 0.15) is 18.5 Å². The summed E-state index contributed by atoms with van der Waals surface area (Å²) in [5, 5.41) is 11.4. The van der Waals surface area contributed by atoms with Gasteiger partial charge in [0.05, 0.1) is 5.69 Å². The largest absolute Gasteiger partial charge is 0.463 e. The van der Waals surface area contributed by atoms with Gasteiger partial charge in [0, 0.05) is 39.7 Å². The van der Waals surface area contributed by atoms with Crippen molar-refractivity contribution in [1.29, 1.82) is 0 Å². The van der Waals surface area contributed by atoms with E-state index in [1.165, 1.54) is 19.1 Å². The quantitative estimate of drug-likeness (QED) is 0.357. The summed E-state index contributed by atoms with van der Waals surface area (Å²) < 4.78 is 27.3. The summed E-state index contributed by atoms with van der Waals surface area (Å²) in [4.78, 5) is 74.4. The van der Waals surface area contributed by atoms with Crippen molar-refractivity contribution < 1.29 is 57.6 Å². The molecule has 2 heterocycles. The molecule has 13 nitrogen and oxygen atoms in total. The summed E-state index contributed by atoms with van der Waals surface area (Å²) >= 11 is 0. The van der Waals surface area contributed by atoms with E-state index in [1.54, 1.807) is 12.1 Å². The zero-order valence-electron chi connectivity index (χ0n) is 21.5. The van der Waals surface area contributed by atoms with Crippen LogP contribution in [-0.2, 0) is 58.1 Å². The molecule has 2 aliphatic heterocycles. The highest BCUT2D eigenvalue weighted by molar-refractivity contribution is 6.09. The van der Waals surface area contributed by atoms with Crippen LogP contribution >= 0.6 is 0 Å². The van der Waals surface area contributed by atoms with Crippen molar-refractivity contribution in [3.63, 3.8) is 0 Å². The van der Waals surface area contributed by atoms with Gasteiger partial charge >= 0.3 is 23.9 Å². The van der Waals surface area contributed by atoms with Gasteiger partial charge in [-0.15, -0.1) is 0 Å². The first-order chi connectivity index (χ1) is 17.8. The molecule has 1 N–H and O–H groups in total. The van der Waals surface area contributed by atoms with E-state index >= 15 is 0 Å². The van der Waals surface area contributed by atoms with Crippen LogP contribution in [0.4, 0.5) is 5.69 Å². The summed E-state index contributed by atoms with van der Waals surface area (Å²) in [5.74, 6) is -4.62. The van der Waals surface area contributed by atoms with Crippen LogP contribution in [0.5, 0.6) is 0 Å². The number of hydrogen-bond donors (Lipinski definition) is 1. The molecule has 0 aromatic heterocycles. The number of ether oxygens (including phenoxy) is 5. The summed E-state index contributed by atoms with van der Waals surface area (Å²) in [6.45, 7) is 5.08. The number of carbonyl (C=O) groups excluding carboxylic acids is 6. The van der Waals surface area contributed by atoms with Crippen LogP contribution in [-0.4, -0.2) is 77.9 Å². The molecule has 13 heteroatoms. The number of hydrogen-bond acceptors (Lipinski definition) is 12. The third kappa shape index (κ3) is 5.83. The van der Waals surface area contributed by atoms with Crippen LogP contribution in [0.25, 0.3) is 0 Å². The summed E-state index contributed by atoms with van der Waals surface area (Å²) in [6.07, 6.45) is -7.91. The van der Waals surface area contributed by atoms with Crippen LogP contribution in [0.1, 0.15) is 46.6 Å². The molecule has 1 amide bonds. The second kappa shape index (κ2) is 11.3. The number of ketones is 1. The Balaban J connectivity index is 2.18. The minimum Gasteiger partial charge on any atom is -0.463 e. The zero-order chi connectivity index (χ0) is 28.4. The van der Waals surface area contributed by atoms with E-state index in [9.17, 15) is 33.9 Å². The van der Waals surface area contributed by atoms with E-state index in [2.05, 4.69) is 0 Å². The highest BCUT2D eigenvalue weighted by atomic mass is 16.7. The molecule has 206 valence electrons. The Morgan fingerprint density at radius 2 is 1.42 bits per heavy atom. The maximum Gasteiger partial charge on any atom is 0.303 e. The first-order valence-corrected chi connectivity index (χ1v) is 11.7. The normalized spacial score (nSPS) is 28.2. The lowest BCUT2D eigenvalue weighted by Crippen LogP contribution is -2.67. The molecule has 0 aliphatic carbocycles. The molecule has 0 spiro atoms. The lowest BCUT2D eigenvalue weighted by Gasteiger charge is -2.47. The number of amides is 1. The zero-order valence-corrected chi connectivity index (χ0v) is 21.5. The van der Waals surface area contributed by atoms with E-state index in [0.717, 1.165) is 32.6 Å². The smallest absolute Gasteiger partial charge is 0.303 e. The number of para-hydroxylation sites is 1. The van der Waals surface area contributed by atoms with E-state index in [4.69, 9.17) is 23.7 Å². The summed E-state index contributed by atoms with van der Waals surface area (Å²) in [6, 6.07) is 6.08. The number of fused-ring (bicyclic) bond motifs is 1. The molecule has 1 fully saturated rings. The Hall–Kier alpha value is -3.84. The second-order valence-electron chi connectivity index (χ2n) is 9.02. The molecule has 0 bridgehead atoms. The second-order valence-corrected chi connectivity index (χ2v) is 9.02. The topological polar surface area (TPSA) is 172 Å². The molecule has 1 aromatic rings. The van der Waals surface area contributed by atoms with E-state index in [0.29, 0.717) is 0 Å². The van der Waals surface area contributed by atoms with Gasteiger partial charge < -0.3 is 28.8 Å². The molecule has 0 saturated carbocycles. The van der Waals surface area contributed by atoms with Gasteiger partial charge in [-0.25, -0.2) is 0 Å². The SMILES string of the molecule is CC(=O)CC1(O)C(=O)N([C@@H]2O[C@H](COC(C)=O)[C@@H](OC(C)=O)[C@H](OC(C)=O)[C@H]2OC(C)=O)c2ccccc21. The van der Waals surface area contributed by atoms with Crippen LogP contribution < -0.4 is 4.90 Å². The minimum absolute atomic E-state index is 0.105. The number of benzene rings is 1. The lowest BCUT2D eigenvalue weighted by molar-refractivity contribution is -0.252. The average Bonchev–Trinajstić information content (AvgIpc) is 3.00. The number of anilines is 1. The molecule has 6 atom stereocenters. The maximum absolute atomic E-state index is 13.7. The van der Waals surface area contributed by atoms with Gasteiger partial charge in [-0.2, -0.15) is 0 Å². The first-order valence-electron chi connectivity index (χ1n) is 11.7. The van der Waals surface area contributed by atoms with Gasteiger partial charge in [-0.05, 0) is 13.0 Å². The molecule has 38 heavy (non-hydrogen) atoms. The Labute approximate surface area is 217 Å². The van der Waals surface area contributed by atoms with Crippen LogP contribution in [0.3, 0.4) is 0 Å². The molecule has 1 aromatic carbocycles. The molecule has 0 radical (unpaired) electrons. The number of aliphatic hydroxyl groups is 1.